The van der Waals surface area contributed by atoms with E-state index < -0.39 is 0 Å². The Labute approximate surface area is 107 Å². The lowest BCUT2D eigenvalue weighted by Crippen LogP contribution is -2.09. The van der Waals surface area contributed by atoms with E-state index in [9.17, 15) is 0 Å². The molecule has 0 aliphatic carbocycles. The summed E-state index contributed by atoms with van der Waals surface area (Å²) in [6, 6.07) is 6.10. The van der Waals surface area contributed by atoms with E-state index in [2.05, 4.69) is 36.8 Å². The Morgan fingerprint density at radius 3 is 3.00 bits per heavy atom. The number of rotatable bonds is 1. The molecule has 3 nitrogen and oxygen atoms in total. The standard InChI is InChI=1S/C15H18N2O/c1-15(2,3)8-10-7-11-12(17-10)9-18-13-5-4-6-16-14(11)13/h4-7,17H,8-9H2,1-3H3. The molecule has 3 heteroatoms. The first-order chi connectivity index (χ1) is 8.53. The van der Waals surface area contributed by atoms with Crippen LogP contribution in [0.1, 0.15) is 32.2 Å². The summed E-state index contributed by atoms with van der Waals surface area (Å²) in [5, 5.41) is 0. The number of aromatic nitrogens is 2. The van der Waals surface area contributed by atoms with Crippen LogP contribution in [-0.4, -0.2) is 9.97 Å². The van der Waals surface area contributed by atoms with Gasteiger partial charge in [-0.15, -0.1) is 0 Å². The van der Waals surface area contributed by atoms with Gasteiger partial charge in [0.2, 0.25) is 0 Å². The second-order valence-electron chi connectivity index (χ2n) is 6.06. The summed E-state index contributed by atoms with van der Waals surface area (Å²) < 4.78 is 5.70. The SMILES string of the molecule is CC(C)(C)Cc1cc2c([nH]1)COc1cccnc1-2. The third-order valence-electron chi connectivity index (χ3n) is 3.07. The van der Waals surface area contributed by atoms with Gasteiger partial charge in [-0.25, -0.2) is 0 Å². The molecule has 0 unspecified atom stereocenters. The molecule has 3 heterocycles. The highest BCUT2D eigenvalue weighted by Crippen LogP contribution is 2.36. The second-order valence-corrected chi connectivity index (χ2v) is 6.06. The number of fused-ring (bicyclic) bond motifs is 3. The highest BCUT2D eigenvalue weighted by molar-refractivity contribution is 5.71. The monoisotopic (exact) mass is 242 g/mol. The first kappa shape index (κ1) is 11.3. The predicted molar refractivity (Wildman–Crippen MR) is 71.5 cm³/mol. The molecule has 2 aromatic rings. The quantitative estimate of drug-likeness (QED) is 0.830. The van der Waals surface area contributed by atoms with E-state index in [1.54, 1.807) is 0 Å². The second kappa shape index (κ2) is 3.87. The van der Waals surface area contributed by atoms with Gasteiger partial charge in [-0.3, -0.25) is 4.98 Å². The van der Waals surface area contributed by atoms with Gasteiger partial charge in [0.15, 0.2) is 0 Å². The van der Waals surface area contributed by atoms with Crippen molar-refractivity contribution >= 4 is 0 Å². The number of hydrogen-bond acceptors (Lipinski definition) is 2. The summed E-state index contributed by atoms with van der Waals surface area (Å²) in [5.41, 5.74) is 4.82. The molecule has 18 heavy (non-hydrogen) atoms. The van der Waals surface area contributed by atoms with Crippen LogP contribution in [0.25, 0.3) is 11.3 Å². The molecule has 1 N–H and O–H groups in total. The number of pyridine rings is 1. The van der Waals surface area contributed by atoms with Gasteiger partial charge in [0, 0.05) is 17.5 Å². The number of hydrogen-bond donors (Lipinski definition) is 1. The van der Waals surface area contributed by atoms with Crippen molar-refractivity contribution in [2.45, 2.75) is 33.8 Å². The molecule has 0 saturated heterocycles. The van der Waals surface area contributed by atoms with Crippen LogP contribution in [0.5, 0.6) is 5.75 Å². The molecule has 0 radical (unpaired) electrons. The van der Waals surface area contributed by atoms with Gasteiger partial charge >= 0.3 is 0 Å². The molecule has 0 bridgehead atoms. The van der Waals surface area contributed by atoms with Gasteiger partial charge < -0.3 is 9.72 Å². The fraction of sp³-hybridized carbons (Fsp3) is 0.400. The minimum absolute atomic E-state index is 0.279. The molecular weight excluding hydrogens is 224 g/mol. The Morgan fingerprint density at radius 1 is 1.39 bits per heavy atom. The molecule has 0 spiro atoms. The molecule has 94 valence electrons. The lowest BCUT2D eigenvalue weighted by molar-refractivity contribution is 0.296. The van der Waals surface area contributed by atoms with Crippen molar-refractivity contribution in [1.29, 1.82) is 0 Å². The maximum Gasteiger partial charge on any atom is 0.146 e. The summed E-state index contributed by atoms with van der Waals surface area (Å²) in [5.74, 6) is 0.881. The van der Waals surface area contributed by atoms with E-state index in [-0.39, 0.29) is 5.41 Å². The highest BCUT2D eigenvalue weighted by atomic mass is 16.5. The van der Waals surface area contributed by atoms with Crippen LogP contribution >= 0.6 is 0 Å². The molecule has 1 aliphatic rings. The predicted octanol–water partition coefficient (Wildman–Crippen LogP) is 3.56. The van der Waals surface area contributed by atoms with Crippen LogP contribution in [0.2, 0.25) is 0 Å². The van der Waals surface area contributed by atoms with Crippen LogP contribution in [0.4, 0.5) is 0 Å². The van der Waals surface area contributed by atoms with E-state index in [0.717, 1.165) is 23.6 Å². The molecule has 0 fully saturated rings. The molecule has 1 aliphatic heterocycles. The summed E-state index contributed by atoms with van der Waals surface area (Å²) in [6.45, 7) is 7.35. The van der Waals surface area contributed by atoms with Crippen molar-refractivity contribution in [3.05, 3.63) is 35.8 Å². The van der Waals surface area contributed by atoms with Crippen molar-refractivity contribution in [3.63, 3.8) is 0 Å². The number of nitrogens with zero attached hydrogens (tertiary/aromatic N) is 1. The summed E-state index contributed by atoms with van der Waals surface area (Å²) in [7, 11) is 0. The number of nitrogens with one attached hydrogen (secondary N) is 1. The fourth-order valence-corrected chi connectivity index (χ4v) is 2.41. The molecular formula is C15H18N2O. The van der Waals surface area contributed by atoms with Gasteiger partial charge in [0.25, 0.3) is 0 Å². The Morgan fingerprint density at radius 2 is 2.22 bits per heavy atom. The molecule has 0 saturated carbocycles. The Kier molecular flexibility index (Phi) is 2.44. The molecule has 0 amide bonds. The zero-order valence-corrected chi connectivity index (χ0v) is 11.1. The lowest BCUT2D eigenvalue weighted by atomic mass is 9.90. The van der Waals surface area contributed by atoms with Crippen molar-refractivity contribution in [1.82, 2.24) is 9.97 Å². The number of ether oxygens (including phenoxy) is 1. The van der Waals surface area contributed by atoms with Crippen LogP contribution in [-0.2, 0) is 13.0 Å². The number of aromatic amines is 1. The first-order valence-corrected chi connectivity index (χ1v) is 6.32. The zero-order valence-electron chi connectivity index (χ0n) is 11.1. The molecule has 2 aromatic heterocycles. The van der Waals surface area contributed by atoms with Crippen molar-refractivity contribution < 1.29 is 4.74 Å². The largest absolute Gasteiger partial charge is 0.485 e. The topological polar surface area (TPSA) is 37.9 Å². The zero-order chi connectivity index (χ0) is 12.8. The Balaban J connectivity index is 2.02. The summed E-state index contributed by atoms with van der Waals surface area (Å²) in [4.78, 5) is 7.89. The average Bonchev–Trinajstić information content (AvgIpc) is 2.69. The lowest BCUT2D eigenvalue weighted by Gasteiger charge is -2.16. The van der Waals surface area contributed by atoms with Gasteiger partial charge in [0.05, 0.1) is 5.69 Å². The fourth-order valence-electron chi connectivity index (χ4n) is 2.41. The summed E-state index contributed by atoms with van der Waals surface area (Å²) in [6.07, 6.45) is 2.84. The Hall–Kier alpha value is -1.77. The Bertz CT molecular complexity index is 578. The normalized spacial score (nSPS) is 13.7. The van der Waals surface area contributed by atoms with Crippen LogP contribution < -0.4 is 4.74 Å². The van der Waals surface area contributed by atoms with Crippen LogP contribution in [0.15, 0.2) is 24.4 Å². The maximum atomic E-state index is 5.70. The first-order valence-electron chi connectivity index (χ1n) is 6.32. The third kappa shape index (κ3) is 2.01. The van der Waals surface area contributed by atoms with E-state index in [0.29, 0.717) is 6.61 Å². The van der Waals surface area contributed by atoms with Crippen LogP contribution in [0, 0.1) is 5.41 Å². The van der Waals surface area contributed by atoms with Crippen molar-refractivity contribution in [2.75, 3.05) is 0 Å². The van der Waals surface area contributed by atoms with Crippen molar-refractivity contribution in [3.8, 4) is 17.0 Å². The van der Waals surface area contributed by atoms with Gasteiger partial charge in [-0.2, -0.15) is 0 Å². The molecule has 0 aromatic carbocycles. The highest BCUT2D eigenvalue weighted by Gasteiger charge is 2.22. The smallest absolute Gasteiger partial charge is 0.146 e. The third-order valence-corrected chi connectivity index (χ3v) is 3.07. The molecule has 0 atom stereocenters. The van der Waals surface area contributed by atoms with E-state index in [1.807, 2.05) is 18.3 Å². The van der Waals surface area contributed by atoms with E-state index >= 15 is 0 Å². The van der Waals surface area contributed by atoms with Gasteiger partial charge in [0.1, 0.15) is 18.1 Å². The van der Waals surface area contributed by atoms with Crippen LogP contribution in [0.3, 0.4) is 0 Å². The van der Waals surface area contributed by atoms with Crippen molar-refractivity contribution in [2.24, 2.45) is 5.41 Å². The minimum Gasteiger partial charge on any atom is -0.485 e. The summed E-state index contributed by atoms with van der Waals surface area (Å²) >= 11 is 0. The number of H-pyrrole nitrogens is 1. The average molecular weight is 242 g/mol. The van der Waals surface area contributed by atoms with E-state index in [4.69, 9.17) is 4.74 Å². The maximum absolute atomic E-state index is 5.70. The van der Waals surface area contributed by atoms with E-state index in [1.165, 1.54) is 11.3 Å². The van der Waals surface area contributed by atoms with Gasteiger partial charge in [-0.1, -0.05) is 20.8 Å². The minimum atomic E-state index is 0.279. The van der Waals surface area contributed by atoms with Gasteiger partial charge in [-0.05, 0) is 30.0 Å². The molecule has 3 rings (SSSR count).